The third-order valence-electron chi connectivity index (χ3n) is 3.74. The van der Waals surface area contributed by atoms with Crippen LogP contribution < -0.4 is 0 Å². The fraction of sp³-hybridized carbons (Fsp3) is 0.353. The van der Waals surface area contributed by atoms with Crippen LogP contribution in [0.25, 0.3) is 0 Å². The van der Waals surface area contributed by atoms with Crippen LogP contribution in [-0.4, -0.2) is 38.6 Å². The molecule has 23 heavy (non-hydrogen) atoms. The van der Waals surface area contributed by atoms with Crippen LogP contribution in [0.1, 0.15) is 24.4 Å². The summed E-state index contributed by atoms with van der Waals surface area (Å²) in [5.74, 6) is -0.580. The van der Waals surface area contributed by atoms with Crippen LogP contribution in [0.15, 0.2) is 54.1 Å². The van der Waals surface area contributed by atoms with Gasteiger partial charge >= 0.3 is 5.97 Å². The number of sulfonamides is 1. The van der Waals surface area contributed by atoms with E-state index in [2.05, 4.69) is 4.74 Å². The van der Waals surface area contributed by atoms with Gasteiger partial charge < -0.3 is 4.74 Å². The quantitative estimate of drug-likeness (QED) is 0.749. The van der Waals surface area contributed by atoms with Crippen molar-refractivity contribution in [2.75, 3.05) is 19.9 Å². The number of carbonyl (C=O) groups is 1. The van der Waals surface area contributed by atoms with Gasteiger partial charge in [0.25, 0.3) is 0 Å². The van der Waals surface area contributed by atoms with E-state index >= 15 is 0 Å². The molecule has 0 amide bonds. The van der Waals surface area contributed by atoms with Gasteiger partial charge in [-0.3, -0.25) is 4.79 Å². The zero-order valence-corrected chi connectivity index (χ0v) is 14.1. The average molecular weight is 335 g/mol. The Bertz CT molecular complexity index is 707. The molecule has 0 saturated heterocycles. The van der Waals surface area contributed by atoms with Crippen LogP contribution in [0.3, 0.4) is 0 Å². The summed E-state index contributed by atoms with van der Waals surface area (Å²) in [7, 11) is -2.35. The lowest BCUT2D eigenvalue weighted by Crippen LogP contribution is -2.39. The van der Waals surface area contributed by atoms with Crippen LogP contribution in [0.4, 0.5) is 0 Å². The first-order valence-electron chi connectivity index (χ1n) is 7.37. The topological polar surface area (TPSA) is 63.7 Å². The first kappa shape index (κ1) is 17.4. The molecule has 1 aromatic carbocycles. The molecule has 6 heteroatoms. The Morgan fingerprint density at radius 2 is 2.00 bits per heavy atom. The second-order valence-electron chi connectivity index (χ2n) is 5.41. The van der Waals surface area contributed by atoms with Crippen molar-refractivity contribution in [1.29, 1.82) is 0 Å². The minimum absolute atomic E-state index is 0.310. The number of carbonyl (C=O) groups excluding carboxylic acids is 1. The Kier molecular flexibility index (Phi) is 5.74. The highest BCUT2D eigenvalue weighted by Gasteiger charge is 2.32. The Hall–Kier alpha value is -1.92. The molecule has 5 nitrogen and oxygen atoms in total. The van der Waals surface area contributed by atoms with Gasteiger partial charge in [0.15, 0.2) is 0 Å². The predicted octanol–water partition coefficient (Wildman–Crippen LogP) is 2.44. The lowest BCUT2D eigenvalue weighted by Gasteiger charge is -2.32. The van der Waals surface area contributed by atoms with Crippen molar-refractivity contribution in [1.82, 2.24) is 4.31 Å². The minimum Gasteiger partial charge on any atom is -0.468 e. The molecular weight excluding hydrogens is 314 g/mol. The summed E-state index contributed by atoms with van der Waals surface area (Å²) in [6, 6.07) is 8.84. The normalized spacial score (nSPS) is 16.0. The molecule has 0 aromatic heterocycles. The van der Waals surface area contributed by atoms with Crippen LogP contribution in [0.5, 0.6) is 0 Å². The molecule has 0 bridgehead atoms. The van der Waals surface area contributed by atoms with Crippen LogP contribution in [0.2, 0.25) is 0 Å². The number of allylic oxidation sites excluding steroid dienone is 3. The summed E-state index contributed by atoms with van der Waals surface area (Å²) in [5, 5.41) is 0. The molecule has 124 valence electrons. The minimum atomic E-state index is -3.60. The number of benzene rings is 1. The van der Waals surface area contributed by atoms with Crippen LogP contribution >= 0.6 is 0 Å². The van der Waals surface area contributed by atoms with E-state index in [0.29, 0.717) is 0 Å². The predicted molar refractivity (Wildman–Crippen MR) is 89.2 cm³/mol. The van der Waals surface area contributed by atoms with Gasteiger partial charge in [0.2, 0.25) is 10.0 Å². The summed E-state index contributed by atoms with van der Waals surface area (Å²) >= 11 is 0. The Morgan fingerprint density at radius 1 is 1.30 bits per heavy atom. The second kappa shape index (κ2) is 7.57. The number of rotatable bonds is 6. The van der Waals surface area contributed by atoms with E-state index in [-0.39, 0.29) is 6.54 Å². The molecule has 1 unspecified atom stereocenters. The highest BCUT2D eigenvalue weighted by molar-refractivity contribution is 7.88. The summed E-state index contributed by atoms with van der Waals surface area (Å²) < 4.78 is 30.5. The number of nitrogens with zero attached hydrogens (tertiary/aromatic N) is 1. The van der Waals surface area contributed by atoms with Gasteiger partial charge in [0, 0.05) is 0 Å². The third-order valence-corrected chi connectivity index (χ3v) is 4.93. The first-order valence-corrected chi connectivity index (χ1v) is 9.22. The van der Waals surface area contributed by atoms with E-state index in [4.69, 9.17) is 0 Å². The molecule has 0 N–H and O–H groups in total. The molecule has 1 atom stereocenters. The van der Waals surface area contributed by atoms with Crippen LogP contribution in [-0.2, 0) is 19.6 Å². The number of esters is 1. The van der Waals surface area contributed by atoms with Crippen molar-refractivity contribution in [3.05, 3.63) is 59.7 Å². The molecule has 0 fully saturated rings. The fourth-order valence-electron chi connectivity index (χ4n) is 2.64. The SMILES string of the molecule is COC(=O)CN(C(C1=CC=CCC1)c1ccccc1)S(C)(=O)=O. The molecular formula is C17H21NO4S. The van der Waals surface area contributed by atoms with Crippen molar-refractivity contribution in [2.24, 2.45) is 0 Å². The maximum absolute atomic E-state index is 12.3. The van der Waals surface area contributed by atoms with Gasteiger partial charge in [-0.15, -0.1) is 0 Å². The highest BCUT2D eigenvalue weighted by Crippen LogP contribution is 2.34. The number of hydrogen-bond acceptors (Lipinski definition) is 4. The van der Waals surface area contributed by atoms with Crippen molar-refractivity contribution < 1.29 is 17.9 Å². The molecule has 1 aromatic rings. The molecule has 0 radical (unpaired) electrons. The van der Waals surface area contributed by atoms with Gasteiger partial charge in [0.1, 0.15) is 6.54 Å². The average Bonchev–Trinajstić information content (AvgIpc) is 2.55. The van der Waals surface area contributed by atoms with E-state index in [0.717, 1.165) is 30.2 Å². The summed E-state index contributed by atoms with van der Waals surface area (Å²) in [6.07, 6.45) is 8.61. The highest BCUT2D eigenvalue weighted by atomic mass is 32.2. The summed E-state index contributed by atoms with van der Waals surface area (Å²) in [5.41, 5.74) is 1.80. The smallest absolute Gasteiger partial charge is 0.321 e. The number of ether oxygens (including phenoxy) is 1. The van der Waals surface area contributed by atoms with Crippen molar-refractivity contribution in [3.8, 4) is 0 Å². The lowest BCUT2D eigenvalue weighted by molar-refractivity contribution is -0.141. The standard InChI is InChI=1S/C17H21NO4S/c1-22-16(19)13-18(23(2,20)21)17(14-9-5-3-6-10-14)15-11-7-4-8-12-15/h3-7,9-11,17H,8,12-13H2,1-2H3. The molecule has 2 rings (SSSR count). The van der Waals surface area contributed by atoms with E-state index in [1.807, 2.05) is 48.6 Å². The van der Waals surface area contributed by atoms with Crippen LogP contribution in [0, 0.1) is 0 Å². The number of methoxy groups -OCH3 is 1. The van der Waals surface area contributed by atoms with E-state index < -0.39 is 22.0 Å². The van der Waals surface area contributed by atoms with Crippen molar-refractivity contribution in [3.63, 3.8) is 0 Å². The molecule has 0 spiro atoms. The molecule has 1 aliphatic rings. The monoisotopic (exact) mass is 335 g/mol. The van der Waals surface area contributed by atoms with Gasteiger partial charge in [0.05, 0.1) is 19.4 Å². The van der Waals surface area contributed by atoms with Gasteiger partial charge in [-0.2, -0.15) is 4.31 Å². The van der Waals surface area contributed by atoms with Crippen molar-refractivity contribution >= 4 is 16.0 Å². The van der Waals surface area contributed by atoms with E-state index in [9.17, 15) is 13.2 Å². The molecule has 1 aliphatic carbocycles. The van der Waals surface area contributed by atoms with E-state index in [1.54, 1.807) is 0 Å². The molecule has 0 aliphatic heterocycles. The first-order chi connectivity index (χ1) is 10.9. The third kappa shape index (κ3) is 4.53. The summed E-state index contributed by atoms with van der Waals surface area (Å²) in [6.45, 7) is -0.310. The maximum Gasteiger partial charge on any atom is 0.321 e. The van der Waals surface area contributed by atoms with E-state index in [1.165, 1.54) is 11.4 Å². The second-order valence-corrected chi connectivity index (χ2v) is 7.34. The number of hydrogen-bond donors (Lipinski definition) is 0. The van der Waals surface area contributed by atoms with Crippen molar-refractivity contribution in [2.45, 2.75) is 18.9 Å². The molecule has 0 heterocycles. The summed E-state index contributed by atoms with van der Waals surface area (Å²) in [4.78, 5) is 11.7. The Balaban J connectivity index is 2.51. The Labute approximate surface area is 137 Å². The largest absolute Gasteiger partial charge is 0.468 e. The zero-order valence-electron chi connectivity index (χ0n) is 13.3. The lowest BCUT2D eigenvalue weighted by atomic mass is 9.92. The van der Waals surface area contributed by atoms with Gasteiger partial charge in [-0.25, -0.2) is 8.42 Å². The maximum atomic E-state index is 12.3. The Morgan fingerprint density at radius 3 is 2.52 bits per heavy atom. The molecule has 0 saturated carbocycles. The van der Waals surface area contributed by atoms with Gasteiger partial charge in [-0.05, 0) is 24.0 Å². The zero-order chi connectivity index (χ0) is 16.9. The fourth-order valence-corrected chi connectivity index (χ4v) is 3.62. The van der Waals surface area contributed by atoms with Gasteiger partial charge in [-0.1, -0.05) is 48.6 Å².